The van der Waals surface area contributed by atoms with E-state index in [4.69, 9.17) is 4.74 Å². The molecule has 0 aliphatic rings. The molecule has 0 aliphatic heterocycles. The highest BCUT2D eigenvalue weighted by molar-refractivity contribution is 8.04. The summed E-state index contributed by atoms with van der Waals surface area (Å²) in [6.07, 6.45) is 1.43. The molecule has 0 bridgehead atoms. The summed E-state index contributed by atoms with van der Waals surface area (Å²) >= 11 is 0.868. The number of benzene rings is 2. The number of para-hydroxylation sites is 1. The van der Waals surface area contributed by atoms with Crippen molar-refractivity contribution in [3.05, 3.63) is 76.0 Å². The molecule has 1 aromatic heterocycles. The molecule has 1 heterocycles. The monoisotopic (exact) mass is 409 g/mol. The second kappa shape index (κ2) is 9.07. The molecule has 0 unspecified atom stereocenters. The standard InChI is InChI=1S/C20H17N3O5S/c1-12-21-20(23-22-12)29-17(19(26)27)10-15-4-2-3-5-16(15)28-11-13-6-8-14(9-7-13)18(24)25/h2-10H,11H2,1H3,(H,24,25)(H,26,27)(H,21,22,23)/p-2/b17-10-. The smallest absolute Gasteiger partial charge is 0.213 e. The van der Waals surface area contributed by atoms with Crippen LogP contribution < -0.4 is 14.9 Å². The molecule has 29 heavy (non-hydrogen) atoms. The molecule has 0 saturated carbocycles. The van der Waals surface area contributed by atoms with Gasteiger partial charge in [0.05, 0.1) is 11.9 Å². The van der Waals surface area contributed by atoms with Crippen LogP contribution in [0.3, 0.4) is 0 Å². The number of rotatable bonds is 8. The van der Waals surface area contributed by atoms with Crippen LogP contribution in [-0.4, -0.2) is 27.1 Å². The largest absolute Gasteiger partial charge is 0.545 e. The number of carbonyl (C=O) groups is 2. The van der Waals surface area contributed by atoms with E-state index in [1.165, 1.54) is 18.2 Å². The maximum atomic E-state index is 11.5. The van der Waals surface area contributed by atoms with E-state index in [0.717, 1.165) is 17.3 Å². The van der Waals surface area contributed by atoms with Crippen molar-refractivity contribution in [1.29, 1.82) is 0 Å². The van der Waals surface area contributed by atoms with E-state index >= 15 is 0 Å². The van der Waals surface area contributed by atoms with Crippen LogP contribution in [0.1, 0.15) is 27.3 Å². The highest BCUT2D eigenvalue weighted by Gasteiger charge is 2.09. The predicted molar refractivity (Wildman–Crippen MR) is 102 cm³/mol. The Labute approximate surface area is 170 Å². The SMILES string of the molecule is Cc1nc(S/C(=C\c2ccccc2OCc2ccc(C(=O)[O-])cc2)C(=O)[O-])n[nH]1. The number of aliphatic carboxylic acids is 1. The molecule has 0 aliphatic carbocycles. The van der Waals surface area contributed by atoms with Crippen LogP contribution in [0.25, 0.3) is 6.08 Å². The predicted octanol–water partition coefficient (Wildman–Crippen LogP) is 0.939. The first kappa shape index (κ1) is 20.2. The maximum absolute atomic E-state index is 11.5. The van der Waals surface area contributed by atoms with Gasteiger partial charge in [0.15, 0.2) is 0 Å². The van der Waals surface area contributed by atoms with Gasteiger partial charge in [-0.05, 0) is 42.0 Å². The van der Waals surface area contributed by atoms with Gasteiger partial charge in [-0.15, -0.1) is 5.10 Å². The fraction of sp³-hybridized carbons (Fsp3) is 0.100. The van der Waals surface area contributed by atoms with Crippen molar-refractivity contribution >= 4 is 29.8 Å². The Morgan fingerprint density at radius 2 is 1.86 bits per heavy atom. The summed E-state index contributed by atoms with van der Waals surface area (Å²) in [5, 5.41) is 29.2. The molecule has 0 saturated heterocycles. The van der Waals surface area contributed by atoms with Crippen molar-refractivity contribution in [3.8, 4) is 5.75 Å². The molecule has 3 aromatic rings. The van der Waals surface area contributed by atoms with Gasteiger partial charge in [-0.3, -0.25) is 5.10 Å². The average Bonchev–Trinajstić information content (AvgIpc) is 3.11. The first-order valence-electron chi connectivity index (χ1n) is 8.44. The fourth-order valence-corrected chi connectivity index (χ4v) is 3.11. The van der Waals surface area contributed by atoms with Gasteiger partial charge in [0, 0.05) is 10.5 Å². The topological polar surface area (TPSA) is 131 Å². The number of aromatic carboxylic acids is 1. The fourth-order valence-electron chi connectivity index (χ4n) is 2.37. The number of thioether (sulfide) groups is 1. The number of H-pyrrole nitrogens is 1. The van der Waals surface area contributed by atoms with E-state index in [-0.39, 0.29) is 22.2 Å². The highest BCUT2D eigenvalue weighted by atomic mass is 32.2. The van der Waals surface area contributed by atoms with Gasteiger partial charge in [0.1, 0.15) is 18.2 Å². The number of carbonyl (C=O) groups excluding carboxylic acids is 2. The van der Waals surface area contributed by atoms with Crippen molar-refractivity contribution in [2.75, 3.05) is 0 Å². The lowest BCUT2D eigenvalue weighted by Gasteiger charge is -2.12. The summed E-state index contributed by atoms with van der Waals surface area (Å²) in [5.41, 5.74) is 1.37. The van der Waals surface area contributed by atoms with Gasteiger partial charge in [-0.25, -0.2) is 4.98 Å². The molecule has 0 fully saturated rings. The van der Waals surface area contributed by atoms with E-state index in [2.05, 4.69) is 15.2 Å². The number of aromatic nitrogens is 3. The molecule has 3 rings (SSSR count). The van der Waals surface area contributed by atoms with Crippen LogP contribution in [0.5, 0.6) is 5.75 Å². The Balaban J connectivity index is 1.78. The van der Waals surface area contributed by atoms with Gasteiger partial charge in [0.2, 0.25) is 5.16 Å². The molecule has 8 nitrogen and oxygen atoms in total. The van der Waals surface area contributed by atoms with Crippen molar-refractivity contribution in [3.63, 3.8) is 0 Å². The summed E-state index contributed by atoms with van der Waals surface area (Å²) in [6.45, 7) is 1.88. The third kappa shape index (κ3) is 5.45. The second-order valence-electron chi connectivity index (χ2n) is 5.91. The highest BCUT2D eigenvalue weighted by Crippen LogP contribution is 2.28. The number of carboxylic acid groups (broad SMARTS) is 2. The number of aromatic amines is 1. The first-order chi connectivity index (χ1) is 13.9. The Bertz CT molecular complexity index is 1060. The molecular weight excluding hydrogens is 394 g/mol. The zero-order valence-electron chi connectivity index (χ0n) is 15.2. The number of nitrogens with one attached hydrogen (secondary N) is 1. The summed E-state index contributed by atoms with van der Waals surface area (Å²) < 4.78 is 5.79. The summed E-state index contributed by atoms with van der Waals surface area (Å²) in [4.78, 5) is 26.4. The Kier molecular flexibility index (Phi) is 6.30. The normalized spacial score (nSPS) is 11.3. The quantitative estimate of drug-likeness (QED) is 0.429. The first-order valence-corrected chi connectivity index (χ1v) is 9.26. The van der Waals surface area contributed by atoms with E-state index in [9.17, 15) is 19.8 Å². The van der Waals surface area contributed by atoms with Gasteiger partial charge in [-0.2, -0.15) is 0 Å². The number of aryl methyl sites for hydroxylation is 1. The Morgan fingerprint density at radius 1 is 1.14 bits per heavy atom. The Hall–Kier alpha value is -3.59. The van der Waals surface area contributed by atoms with Crippen LogP contribution in [0.2, 0.25) is 0 Å². The summed E-state index contributed by atoms with van der Waals surface area (Å²) in [6, 6.07) is 13.0. The lowest BCUT2D eigenvalue weighted by molar-refractivity contribution is -0.298. The molecular formula is C20H15N3O5S-2. The maximum Gasteiger partial charge on any atom is 0.213 e. The number of carboxylic acids is 2. The minimum atomic E-state index is -1.36. The second-order valence-corrected chi connectivity index (χ2v) is 6.92. The van der Waals surface area contributed by atoms with Gasteiger partial charge < -0.3 is 24.5 Å². The van der Waals surface area contributed by atoms with E-state index in [1.807, 2.05) is 0 Å². The number of ether oxygens (including phenoxy) is 1. The van der Waals surface area contributed by atoms with Gasteiger partial charge >= 0.3 is 0 Å². The van der Waals surface area contributed by atoms with Crippen molar-refractivity contribution in [2.45, 2.75) is 18.7 Å². The number of hydrogen-bond acceptors (Lipinski definition) is 8. The van der Waals surface area contributed by atoms with E-state index in [1.54, 1.807) is 43.3 Å². The number of nitrogens with zero attached hydrogens (tertiary/aromatic N) is 2. The molecule has 0 radical (unpaired) electrons. The van der Waals surface area contributed by atoms with Crippen LogP contribution in [-0.2, 0) is 11.4 Å². The third-order valence-electron chi connectivity index (χ3n) is 3.77. The van der Waals surface area contributed by atoms with E-state index in [0.29, 0.717) is 17.1 Å². The number of hydrogen-bond donors (Lipinski definition) is 1. The van der Waals surface area contributed by atoms with Crippen LogP contribution >= 0.6 is 11.8 Å². The molecule has 2 aromatic carbocycles. The zero-order valence-corrected chi connectivity index (χ0v) is 16.1. The summed E-state index contributed by atoms with van der Waals surface area (Å²) in [5.74, 6) is -1.58. The molecule has 0 amide bonds. The lowest BCUT2D eigenvalue weighted by atomic mass is 10.1. The molecule has 0 spiro atoms. The lowest BCUT2D eigenvalue weighted by Crippen LogP contribution is -2.23. The Morgan fingerprint density at radius 3 is 2.48 bits per heavy atom. The molecule has 1 N–H and O–H groups in total. The minimum absolute atomic E-state index is 0.0710. The molecule has 148 valence electrons. The zero-order chi connectivity index (χ0) is 20.8. The van der Waals surface area contributed by atoms with Crippen molar-refractivity contribution in [2.24, 2.45) is 0 Å². The van der Waals surface area contributed by atoms with Crippen LogP contribution in [0.4, 0.5) is 0 Å². The summed E-state index contributed by atoms with van der Waals surface area (Å²) in [7, 11) is 0. The van der Waals surface area contributed by atoms with E-state index < -0.39 is 11.9 Å². The third-order valence-corrected chi connectivity index (χ3v) is 4.64. The van der Waals surface area contributed by atoms with Crippen LogP contribution in [0.15, 0.2) is 58.6 Å². The van der Waals surface area contributed by atoms with Crippen molar-refractivity contribution in [1.82, 2.24) is 15.2 Å². The van der Waals surface area contributed by atoms with Crippen molar-refractivity contribution < 1.29 is 24.5 Å². The van der Waals surface area contributed by atoms with Crippen LogP contribution in [0, 0.1) is 6.92 Å². The average molecular weight is 409 g/mol. The molecule has 9 heteroatoms. The van der Waals surface area contributed by atoms with Gasteiger partial charge in [-0.1, -0.05) is 42.5 Å². The molecule has 0 atom stereocenters. The minimum Gasteiger partial charge on any atom is -0.545 e. The van der Waals surface area contributed by atoms with Gasteiger partial charge in [0.25, 0.3) is 0 Å².